The fraction of sp³-hybridized carbons (Fsp3) is 0.368. The first kappa shape index (κ1) is 17.8. The van der Waals surface area contributed by atoms with E-state index in [1.165, 1.54) is 0 Å². The molecular formula is C19H25N3O2. The Bertz CT molecular complexity index is 667. The lowest BCUT2D eigenvalue weighted by atomic mass is 10.2. The van der Waals surface area contributed by atoms with E-state index in [0.717, 1.165) is 31.7 Å². The summed E-state index contributed by atoms with van der Waals surface area (Å²) >= 11 is 0. The fourth-order valence-corrected chi connectivity index (χ4v) is 2.52. The Morgan fingerprint density at radius 2 is 1.92 bits per heavy atom. The number of methoxy groups -OCH3 is 1. The summed E-state index contributed by atoms with van der Waals surface area (Å²) in [7, 11) is 1.60. The molecule has 1 aromatic carbocycles. The van der Waals surface area contributed by atoms with Crippen LogP contribution in [0, 0.1) is 0 Å². The van der Waals surface area contributed by atoms with Crippen LogP contribution in [0.3, 0.4) is 0 Å². The first-order valence-electron chi connectivity index (χ1n) is 8.34. The number of carbonyl (C=O) groups excluding carboxylic acids is 1. The van der Waals surface area contributed by atoms with Crippen molar-refractivity contribution in [3.8, 4) is 5.75 Å². The second-order valence-electron chi connectivity index (χ2n) is 5.58. The van der Waals surface area contributed by atoms with E-state index in [1.807, 2.05) is 24.3 Å². The number of hydrogen-bond donors (Lipinski definition) is 1. The van der Waals surface area contributed by atoms with E-state index in [2.05, 4.69) is 29.0 Å². The van der Waals surface area contributed by atoms with Crippen LogP contribution in [0.2, 0.25) is 0 Å². The van der Waals surface area contributed by atoms with Gasteiger partial charge < -0.3 is 15.0 Å². The van der Waals surface area contributed by atoms with Crippen LogP contribution in [0.1, 0.15) is 37.0 Å². The van der Waals surface area contributed by atoms with E-state index in [-0.39, 0.29) is 5.91 Å². The largest absolute Gasteiger partial charge is 0.497 e. The zero-order valence-corrected chi connectivity index (χ0v) is 14.6. The molecule has 0 saturated carbocycles. The number of amides is 1. The predicted molar refractivity (Wildman–Crippen MR) is 98.0 cm³/mol. The van der Waals surface area contributed by atoms with Crippen molar-refractivity contribution in [3.05, 3.63) is 48.2 Å². The maximum Gasteiger partial charge on any atom is 0.255 e. The van der Waals surface area contributed by atoms with Crippen molar-refractivity contribution < 1.29 is 9.53 Å². The van der Waals surface area contributed by atoms with Crippen LogP contribution < -0.4 is 15.0 Å². The van der Waals surface area contributed by atoms with Crippen molar-refractivity contribution in [1.29, 1.82) is 0 Å². The normalized spacial score (nSPS) is 10.3. The monoisotopic (exact) mass is 327 g/mol. The average Bonchev–Trinajstić information content (AvgIpc) is 2.62. The summed E-state index contributed by atoms with van der Waals surface area (Å²) in [6.07, 6.45) is 3.78. The molecule has 0 atom stereocenters. The van der Waals surface area contributed by atoms with E-state index < -0.39 is 0 Å². The Hall–Kier alpha value is -2.56. The van der Waals surface area contributed by atoms with Gasteiger partial charge in [-0.25, -0.2) is 4.98 Å². The molecule has 0 radical (unpaired) electrons. The van der Waals surface area contributed by atoms with Crippen molar-refractivity contribution in [2.24, 2.45) is 0 Å². The number of anilines is 2. The first-order valence-corrected chi connectivity index (χ1v) is 8.34. The molecular weight excluding hydrogens is 302 g/mol. The highest BCUT2D eigenvalue weighted by atomic mass is 16.5. The van der Waals surface area contributed by atoms with Crippen LogP contribution in [-0.2, 0) is 0 Å². The van der Waals surface area contributed by atoms with Gasteiger partial charge in [-0.05, 0) is 37.1 Å². The van der Waals surface area contributed by atoms with Crippen molar-refractivity contribution in [2.45, 2.75) is 26.7 Å². The molecule has 1 amide bonds. The Kier molecular flexibility index (Phi) is 6.61. The van der Waals surface area contributed by atoms with Gasteiger partial charge in [-0.1, -0.05) is 19.9 Å². The molecule has 0 aliphatic carbocycles. The minimum Gasteiger partial charge on any atom is -0.497 e. The maximum absolute atomic E-state index is 12.5. The first-order chi connectivity index (χ1) is 11.7. The molecule has 0 aliphatic rings. The van der Waals surface area contributed by atoms with Crippen molar-refractivity contribution in [1.82, 2.24) is 4.98 Å². The van der Waals surface area contributed by atoms with Gasteiger partial charge in [-0.3, -0.25) is 4.79 Å². The van der Waals surface area contributed by atoms with E-state index in [9.17, 15) is 4.79 Å². The van der Waals surface area contributed by atoms with E-state index in [1.54, 1.807) is 25.4 Å². The van der Waals surface area contributed by atoms with Crippen molar-refractivity contribution in [3.63, 3.8) is 0 Å². The Morgan fingerprint density at radius 1 is 1.17 bits per heavy atom. The summed E-state index contributed by atoms with van der Waals surface area (Å²) in [6, 6.07) is 10.9. The molecule has 1 aromatic heterocycles. The second-order valence-corrected chi connectivity index (χ2v) is 5.58. The summed E-state index contributed by atoms with van der Waals surface area (Å²) in [4.78, 5) is 19.1. The lowest BCUT2D eigenvalue weighted by Crippen LogP contribution is -2.26. The Morgan fingerprint density at radius 3 is 2.58 bits per heavy atom. The van der Waals surface area contributed by atoms with E-state index in [0.29, 0.717) is 17.0 Å². The zero-order chi connectivity index (χ0) is 17.4. The third-order valence-corrected chi connectivity index (χ3v) is 3.65. The molecule has 0 unspecified atom stereocenters. The highest BCUT2D eigenvalue weighted by Gasteiger charge is 2.11. The third kappa shape index (κ3) is 4.72. The van der Waals surface area contributed by atoms with Crippen molar-refractivity contribution >= 4 is 17.4 Å². The van der Waals surface area contributed by atoms with Gasteiger partial charge in [-0.2, -0.15) is 0 Å². The molecule has 0 spiro atoms. The highest BCUT2D eigenvalue weighted by Crippen LogP contribution is 2.19. The second kappa shape index (κ2) is 8.91. The molecule has 2 rings (SSSR count). The summed E-state index contributed by atoms with van der Waals surface area (Å²) in [5, 5.41) is 2.90. The lowest BCUT2D eigenvalue weighted by molar-refractivity contribution is 0.102. The number of nitrogens with zero attached hydrogens (tertiary/aromatic N) is 2. The number of rotatable bonds is 8. The van der Waals surface area contributed by atoms with Crippen molar-refractivity contribution in [2.75, 3.05) is 30.4 Å². The Balaban J connectivity index is 2.15. The summed E-state index contributed by atoms with van der Waals surface area (Å²) in [5.41, 5.74) is 1.30. The molecule has 128 valence electrons. The zero-order valence-electron chi connectivity index (χ0n) is 14.6. The quantitative estimate of drug-likeness (QED) is 0.797. The Labute approximate surface area is 143 Å². The highest BCUT2D eigenvalue weighted by molar-refractivity contribution is 6.04. The third-order valence-electron chi connectivity index (χ3n) is 3.65. The molecule has 1 heterocycles. The van der Waals surface area contributed by atoms with Crippen LogP contribution in [0.25, 0.3) is 0 Å². The topological polar surface area (TPSA) is 54.5 Å². The van der Waals surface area contributed by atoms with E-state index in [4.69, 9.17) is 4.74 Å². The van der Waals surface area contributed by atoms with Gasteiger partial charge in [0.05, 0.1) is 7.11 Å². The lowest BCUT2D eigenvalue weighted by Gasteiger charge is -2.22. The van der Waals surface area contributed by atoms with E-state index >= 15 is 0 Å². The number of ether oxygens (including phenoxy) is 1. The number of aromatic nitrogens is 1. The SMILES string of the molecule is CCCN(CCC)c1cc(C(=O)Nc2cccc(OC)c2)ccn1. The number of carbonyl (C=O) groups is 1. The molecule has 2 aromatic rings. The smallest absolute Gasteiger partial charge is 0.255 e. The van der Waals surface area contributed by atoms with Gasteiger partial charge in [0, 0.05) is 36.6 Å². The van der Waals surface area contributed by atoms with Crippen LogP contribution >= 0.6 is 0 Å². The minimum atomic E-state index is -0.153. The van der Waals surface area contributed by atoms with Gasteiger partial charge >= 0.3 is 0 Å². The number of pyridine rings is 1. The van der Waals surface area contributed by atoms with Crippen LogP contribution in [0.4, 0.5) is 11.5 Å². The average molecular weight is 327 g/mol. The van der Waals surface area contributed by atoms with Crippen LogP contribution in [0.15, 0.2) is 42.6 Å². The number of benzene rings is 1. The molecule has 5 nitrogen and oxygen atoms in total. The minimum absolute atomic E-state index is 0.153. The molecule has 0 aliphatic heterocycles. The summed E-state index contributed by atoms with van der Waals surface area (Å²) < 4.78 is 5.18. The number of hydrogen-bond acceptors (Lipinski definition) is 4. The summed E-state index contributed by atoms with van der Waals surface area (Å²) in [6.45, 7) is 6.15. The maximum atomic E-state index is 12.5. The molecule has 5 heteroatoms. The standard InChI is InChI=1S/C19H25N3O2/c1-4-11-22(12-5-2)18-13-15(9-10-20-18)19(23)21-16-7-6-8-17(14-16)24-3/h6-10,13-14H,4-5,11-12H2,1-3H3,(H,21,23). The van der Waals surface area contributed by atoms with Crippen LogP contribution in [0.5, 0.6) is 5.75 Å². The predicted octanol–water partition coefficient (Wildman–Crippen LogP) is 3.97. The fourth-order valence-electron chi connectivity index (χ4n) is 2.52. The molecule has 0 saturated heterocycles. The van der Waals surface area contributed by atoms with Crippen LogP contribution in [-0.4, -0.2) is 31.1 Å². The van der Waals surface area contributed by atoms with Gasteiger partial charge in [0.25, 0.3) is 5.91 Å². The van der Waals surface area contributed by atoms with Gasteiger partial charge in [-0.15, -0.1) is 0 Å². The molecule has 1 N–H and O–H groups in total. The van der Waals surface area contributed by atoms with Gasteiger partial charge in [0.2, 0.25) is 0 Å². The molecule has 24 heavy (non-hydrogen) atoms. The van der Waals surface area contributed by atoms with Gasteiger partial charge in [0.1, 0.15) is 11.6 Å². The number of nitrogens with one attached hydrogen (secondary N) is 1. The molecule has 0 bridgehead atoms. The molecule has 0 fully saturated rings. The van der Waals surface area contributed by atoms with Gasteiger partial charge in [0.15, 0.2) is 0 Å². The summed E-state index contributed by atoms with van der Waals surface area (Å²) in [5.74, 6) is 1.40.